The summed E-state index contributed by atoms with van der Waals surface area (Å²) < 4.78 is 5.54. The van der Waals surface area contributed by atoms with E-state index in [1.54, 1.807) is 11.1 Å². The van der Waals surface area contributed by atoms with Gasteiger partial charge < -0.3 is 29.9 Å². The van der Waals surface area contributed by atoms with Gasteiger partial charge in [0.2, 0.25) is 12.4 Å². The second-order valence-corrected chi connectivity index (χ2v) is 9.79. The Morgan fingerprint density at radius 2 is 2.00 bits per heavy atom. The fraction of sp³-hybridized carbons (Fsp3) is 0.370. The lowest BCUT2D eigenvalue weighted by molar-refractivity contribution is -0.123. The van der Waals surface area contributed by atoms with E-state index in [1.165, 1.54) is 0 Å². The lowest BCUT2D eigenvalue weighted by atomic mass is 9.93. The lowest BCUT2D eigenvalue weighted by Crippen LogP contribution is -2.38. The van der Waals surface area contributed by atoms with E-state index in [-0.39, 0.29) is 6.04 Å². The van der Waals surface area contributed by atoms with Gasteiger partial charge in [-0.2, -0.15) is 4.98 Å². The third-order valence-electron chi connectivity index (χ3n) is 6.89. The van der Waals surface area contributed by atoms with Crippen molar-refractivity contribution in [3.63, 3.8) is 0 Å². The molecule has 2 N–H and O–H groups in total. The van der Waals surface area contributed by atoms with Crippen LogP contribution in [0.3, 0.4) is 0 Å². The molecule has 37 heavy (non-hydrogen) atoms. The maximum Gasteiger partial charge on any atom is 0.229 e. The van der Waals surface area contributed by atoms with E-state index in [1.807, 2.05) is 48.3 Å². The number of aliphatic hydroxyl groups is 1. The van der Waals surface area contributed by atoms with Crippen molar-refractivity contribution in [3.05, 3.63) is 65.3 Å². The fourth-order valence-electron chi connectivity index (χ4n) is 4.86. The number of benzene rings is 2. The highest BCUT2D eigenvalue weighted by atomic mass is 35.5. The summed E-state index contributed by atoms with van der Waals surface area (Å²) in [7, 11) is 1.93. The average Bonchev–Trinajstić information content (AvgIpc) is 2.93. The van der Waals surface area contributed by atoms with E-state index >= 15 is 0 Å². The van der Waals surface area contributed by atoms with E-state index in [0.29, 0.717) is 49.4 Å². The minimum Gasteiger partial charge on any atom is -0.393 e. The molecule has 0 spiro atoms. The first kappa shape index (κ1) is 25.3. The number of ether oxygens (including phenoxy) is 1. The van der Waals surface area contributed by atoms with E-state index in [2.05, 4.69) is 27.3 Å². The van der Waals surface area contributed by atoms with Crippen molar-refractivity contribution in [2.24, 2.45) is 0 Å². The van der Waals surface area contributed by atoms with Gasteiger partial charge in [-0.3, -0.25) is 4.79 Å². The highest BCUT2D eigenvalue weighted by Crippen LogP contribution is 2.35. The topological polar surface area (TPSA) is 94.1 Å². The molecule has 10 heteroatoms. The van der Waals surface area contributed by atoms with Crippen LogP contribution in [0.2, 0.25) is 5.02 Å². The van der Waals surface area contributed by atoms with Crippen molar-refractivity contribution in [1.82, 2.24) is 14.9 Å². The first-order valence-corrected chi connectivity index (χ1v) is 12.8. The zero-order chi connectivity index (χ0) is 25.8. The summed E-state index contributed by atoms with van der Waals surface area (Å²) >= 11 is 6.18. The molecule has 2 aromatic carbocycles. The summed E-state index contributed by atoms with van der Waals surface area (Å²) in [6, 6.07) is 15.4. The van der Waals surface area contributed by atoms with Gasteiger partial charge in [0.05, 0.1) is 25.4 Å². The Labute approximate surface area is 221 Å². The standard InChI is InChI=1S/C27H31ClN6O3/c1-32(22-4-2-3-20(28)15-22)26-5-7-29-27(31-26)30-21-13-19(25-17-24(36)6-8-34(25)18-35)14-23(16-21)33-9-11-37-12-10-33/h2-5,7,13-16,18,24-25,36H,6,8-12,17H2,1H3,(H,29,30,31). The van der Waals surface area contributed by atoms with Crippen LogP contribution in [0.1, 0.15) is 24.4 Å². The van der Waals surface area contributed by atoms with Crippen LogP contribution < -0.4 is 15.1 Å². The molecule has 2 atom stereocenters. The quantitative estimate of drug-likeness (QED) is 0.447. The van der Waals surface area contributed by atoms with Crippen LogP contribution in [0.15, 0.2) is 54.7 Å². The van der Waals surface area contributed by atoms with Gasteiger partial charge in [0.1, 0.15) is 5.82 Å². The van der Waals surface area contributed by atoms with Gasteiger partial charge >= 0.3 is 0 Å². The molecule has 1 aromatic heterocycles. The number of hydrogen-bond acceptors (Lipinski definition) is 8. The number of piperidine rings is 1. The number of anilines is 5. The van der Waals surface area contributed by atoms with Gasteiger partial charge in [-0.1, -0.05) is 17.7 Å². The van der Waals surface area contributed by atoms with Crippen molar-refractivity contribution in [2.75, 3.05) is 55.0 Å². The summed E-state index contributed by atoms with van der Waals surface area (Å²) in [6.07, 6.45) is 3.24. The molecule has 194 valence electrons. The van der Waals surface area contributed by atoms with E-state index < -0.39 is 6.10 Å². The lowest BCUT2D eigenvalue weighted by Gasteiger charge is -2.37. The van der Waals surface area contributed by atoms with E-state index in [4.69, 9.17) is 21.3 Å². The zero-order valence-electron chi connectivity index (χ0n) is 20.8. The number of carbonyl (C=O) groups is 1. The van der Waals surface area contributed by atoms with Gasteiger partial charge in [0.25, 0.3) is 0 Å². The van der Waals surface area contributed by atoms with Crippen molar-refractivity contribution in [2.45, 2.75) is 25.0 Å². The maximum absolute atomic E-state index is 11.8. The zero-order valence-corrected chi connectivity index (χ0v) is 21.5. The molecule has 2 aliphatic heterocycles. The van der Waals surface area contributed by atoms with Crippen LogP contribution in [0.25, 0.3) is 0 Å². The normalized spacial score (nSPS) is 20.0. The molecule has 2 aliphatic rings. The molecule has 3 aromatic rings. The summed E-state index contributed by atoms with van der Waals surface area (Å²) in [5, 5.41) is 14.4. The summed E-state index contributed by atoms with van der Waals surface area (Å²) in [6.45, 7) is 3.42. The second-order valence-electron chi connectivity index (χ2n) is 9.35. The molecule has 3 heterocycles. The molecular formula is C27H31ClN6O3. The number of halogens is 1. The fourth-order valence-corrected chi connectivity index (χ4v) is 5.05. The van der Waals surface area contributed by atoms with Crippen LogP contribution in [-0.2, 0) is 9.53 Å². The number of carbonyl (C=O) groups excluding carboxylic acids is 1. The third kappa shape index (κ3) is 5.95. The van der Waals surface area contributed by atoms with Gasteiger partial charge in [0.15, 0.2) is 0 Å². The van der Waals surface area contributed by atoms with E-state index in [9.17, 15) is 9.90 Å². The number of nitrogens with zero attached hydrogens (tertiary/aromatic N) is 5. The van der Waals surface area contributed by atoms with Crippen molar-refractivity contribution >= 4 is 46.8 Å². The van der Waals surface area contributed by atoms with Gasteiger partial charge in [-0.15, -0.1) is 0 Å². The monoisotopic (exact) mass is 522 g/mol. The van der Waals surface area contributed by atoms with Gasteiger partial charge in [-0.05, 0) is 60.9 Å². The van der Waals surface area contributed by atoms with Crippen molar-refractivity contribution in [1.29, 1.82) is 0 Å². The Morgan fingerprint density at radius 1 is 1.16 bits per heavy atom. The molecule has 0 radical (unpaired) electrons. The molecule has 0 aliphatic carbocycles. The Kier molecular flexibility index (Phi) is 7.73. The Bertz CT molecular complexity index is 1240. The third-order valence-corrected chi connectivity index (χ3v) is 7.12. The first-order chi connectivity index (χ1) is 18.0. The number of likely N-dealkylation sites (tertiary alicyclic amines) is 1. The minimum atomic E-state index is -0.438. The first-order valence-electron chi connectivity index (χ1n) is 12.5. The van der Waals surface area contributed by atoms with Crippen molar-refractivity contribution < 1.29 is 14.6 Å². The molecule has 2 saturated heterocycles. The molecular weight excluding hydrogens is 492 g/mol. The van der Waals surface area contributed by atoms with Crippen LogP contribution >= 0.6 is 11.6 Å². The predicted octanol–water partition coefficient (Wildman–Crippen LogP) is 4.13. The number of amides is 1. The maximum atomic E-state index is 11.8. The average molecular weight is 523 g/mol. The second kappa shape index (κ2) is 11.3. The molecule has 1 amide bonds. The summed E-state index contributed by atoms with van der Waals surface area (Å²) in [5.41, 5.74) is 3.72. The van der Waals surface area contributed by atoms with Gasteiger partial charge in [0, 0.05) is 55.0 Å². The molecule has 2 fully saturated rings. The van der Waals surface area contributed by atoms with Crippen LogP contribution in [0.5, 0.6) is 0 Å². The molecule has 5 rings (SSSR count). The van der Waals surface area contributed by atoms with Gasteiger partial charge in [-0.25, -0.2) is 4.98 Å². The van der Waals surface area contributed by atoms with Crippen molar-refractivity contribution in [3.8, 4) is 0 Å². The Balaban J connectivity index is 1.46. The van der Waals surface area contributed by atoms with Crippen LogP contribution in [-0.4, -0.2) is 72.4 Å². The molecule has 9 nitrogen and oxygen atoms in total. The highest BCUT2D eigenvalue weighted by Gasteiger charge is 2.29. The van der Waals surface area contributed by atoms with E-state index in [0.717, 1.165) is 42.1 Å². The number of aliphatic hydroxyl groups excluding tert-OH is 1. The molecule has 0 saturated carbocycles. The largest absolute Gasteiger partial charge is 0.393 e. The highest BCUT2D eigenvalue weighted by molar-refractivity contribution is 6.30. The number of aromatic nitrogens is 2. The number of hydrogen-bond donors (Lipinski definition) is 2. The predicted molar refractivity (Wildman–Crippen MR) is 145 cm³/mol. The van der Waals surface area contributed by atoms with Crippen LogP contribution in [0, 0.1) is 0 Å². The minimum absolute atomic E-state index is 0.205. The number of nitrogens with one attached hydrogen (secondary N) is 1. The Morgan fingerprint density at radius 3 is 2.78 bits per heavy atom. The summed E-state index contributed by atoms with van der Waals surface area (Å²) in [5.74, 6) is 1.17. The molecule has 0 bridgehead atoms. The number of morpholine rings is 1. The summed E-state index contributed by atoms with van der Waals surface area (Å²) in [4.78, 5) is 27.0. The smallest absolute Gasteiger partial charge is 0.229 e. The SMILES string of the molecule is CN(c1cccc(Cl)c1)c1ccnc(Nc2cc(C3CC(O)CCN3C=O)cc(N3CCOCC3)c2)n1. The Hall–Kier alpha value is -3.40. The molecule has 2 unspecified atom stereocenters. The number of rotatable bonds is 7. The van der Waals surface area contributed by atoms with Crippen LogP contribution in [0.4, 0.5) is 28.8 Å².